The molecule has 10 heteroatoms. The van der Waals surface area contributed by atoms with Gasteiger partial charge in [0.1, 0.15) is 9.79 Å². The molecule has 0 radical (unpaired) electrons. The largest absolute Gasteiger partial charge is 0.385 e. The Morgan fingerprint density at radius 2 is 1.06 bits per heavy atom. The van der Waals surface area contributed by atoms with Gasteiger partial charge in [0.25, 0.3) is 20.2 Å². The van der Waals surface area contributed by atoms with E-state index in [1.807, 2.05) is 0 Å². The lowest BCUT2D eigenvalue weighted by Gasteiger charge is -2.11. The summed E-state index contributed by atoms with van der Waals surface area (Å²) in [5.74, 6) is 0. The highest BCUT2D eigenvalue weighted by atomic mass is 32.2. The van der Waals surface area contributed by atoms with Crippen LogP contribution in [0.4, 0.5) is 11.4 Å². The van der Waals surface area contributed by atoms with Crippen molar-refractivity contribution in [2.75, 3.05) is 23.7 Å². The minimum absolute atomic E-state index is 0.185. The molecule has 0 aliphatic carbocycles. The van der Waals surface area contributed by atoms with E-state index in [1.165, 1.54) is 36.4 Å². The van der Waals surface area contributed by atoms with Crippen molar-refractivity contribution in [3.05, 3.63) is 47.5 Å². The fraction of sp³-hybridized carbons (Fsp3) is 0.417. The Balaban J connectivity index is 2.33. The highest BCUT2D eigenvalue weighted by molar-refractivity contribution is 7.86. The van der Waals surface area contributed by atoms with Crippen LogP contribution in [0.5, 0.6) is 0 Å². The number of hydrogen-bond acceptors (Lipinski definition) is 6. The van der Waals surface area contributed by atoms with Gasteiger partial charge in [0.15, 0.2) is 0 Å². The maximum atomic E-state index is 12.0. The molecule has 0 saturated carbocycles. The first-order valence-electron chi connectivity index (χ1n) is 11.4. The summed E-state index contributed by atoms with van der Waals surface area (Å²) in [6.45, 7) is 5.51. The molecule has 0 aliphatic heterocycles. The fourth-order valence-corrected chi connectivity index (χ4v) is 4.83. The summed E-state index contributed by atoms with van der Waals surface area (Å²) in [6.07, 6.45) is 8.85. The van der Waals surface area contributed by atoms with Crippen LogP contribution < -0.4 is 10.6 Å². The van der Waals surface area contributed by atoms with E-state index in [-0.39, 0.29) is 20.9 Å². The molecule has 0 spiro atoms. The van der Waals surface area contributed by atoms with Crippen molar-refractivity contribution in [2.24, 2.45) is 0 Å². The van der Waals surface area contributed by atoms with E-state index in [1.54, 1.807) is 12.1 Å². The van der Waals surface area contributed by atoms with Gasteiger partial charge in [-0.05, 0) is 48.2 Å². The standard InChI is InChI=1S/C24H34N2O6S2/c1-3-5-7-15-25-21-13-11-19(23(17-21)33(27,28)29)9-10-20-12-14-22(26-16-8-6-4-2)18-24(20)34(30,31)32/h9-14,17-18,25-26H,3-8,15-16H2,1-2H3,(H,27,28,29)(H,30,31,32). The first-order chi connectivity index (χ1) is 16.1. The summed E-state index contributed by atoms with van der Waals surface area (Å²) in [6, 6.07) is 9.11. The molecular formula is C24H34N2O6S2. The Morgan fingerprint density at radius 3 is 1.38 bits per heavy atom. The second-order valence-corrected chi connectivity index (χ2v) is 10.8. The van der Waals surface area contributed by atoms with E-state index in [4.69, 9.17) is 0 Å². The summed E-state index contributed by atoms with van der Waals surface area (Å²) >= 11 is 0. The lowest BCUT2D eigenvalue weighted by atomic mass is 10.1. The molecular weight excluding hydrogens is 476 g/mol. The van der Waals surface area contributed by atoms with E-state index in [2.05, 4.69) is 24.5 Å². The average molecular weight is 511 g/mol. The summed E-state index contributed by atoms with van der Waals surface area (Å²) in [5.41, 5.74) is 1.48. The quantitative estimate of drug-likeness (QED) is 0.148. The summed E-state index contributed by atoms with van der Waals surface area (Å²) < 4.78 is 67.3. The van der Waals surface area contributed by atoms with Gasteiger partial charge in [0.05, 0.1) is 0 Å². The van der Waals surface area contributed by atoms with Gasteiger partial charge < -0.3 is 10.6 Å². The van der Waals surface area contributed by atoms with Crippen LogP contribution in [-0.2, 0) is 20.2 Å². The third kappa shape index (κ3) is 8.75. The molecule has 0 amide bonds. The Kier molecular flexibility index (Phi) is 10.6. The molecule has 0 atom stereocenters. The molecule has 0 bridgehead atoms. The van der Waals surface area contributed by atoms with Crippen LogP contribution in [0.25, 0.3) is 12.2 Å². The van der Waals surface area contributed by atoms with E-state index in [9.17, 15) is 25.9 Å². The number of nitrogens with one attached hydrogen (secondary N) is 2. The zero-order chi connectivity index (χ0) is 25.2. The number of unbranched alkanes of at least 4 members (excludes halogenated alkanes) is 4. The van der Waals surface area contributed by atoms with Gasteiger partial charge in [0, 0.05) is 24.5 Å². The first kappa shape index (κ1) is 27.8. The monoisotopic (exact) mass is 510 g/mol. The molecule has 2 rings (SSSR count). The van der Waals surface area contributed by atoms with E-state index in [0.717, 1.165) is 38.5 Å². The van der Waals surface area contributed by atoms with Crippen LogP contribution in [0.1, 0.15) is 63.5 Å². The molecule has 4 N–H and O–H groups in total. The molecule has 8 nitrogen and oxygen atoms in total. The minimum Gasteiger partial charge on any atom is -0.385 e. The number of rotatable bonds is 14. The number of benzene rings is 2. The van der Waals surface area contributed by atoms with E-state index >= 15 is 0 Å². The summed E-state index contributed by atoms with van der Waals surface area (Å²) in [7, 11) is -9.05. The van der Waals surface area contributed by atoms with E-state index in [0.29, 0.717) is 24.5 Å². The van der Waals surface area contributed by atoms with Gasteiger partial charge in [-0.2, -0.15) is 16.8 Å². The predicted molar refractivity (Wildman–Crippen MR) is 137 cm³/mol. The van der Waals surface area contributed by atoms with Gasteiger partial charge in [0.2, 0.25) is 0 Å². The summed E-state index contributed by atoms with van der Waals surface area (Å²) in [5, 5.41) is 6.27. The third-order valence-electron chi connectivity index (χ3n) is 5.24. The van der Waals surface area contributed by atoms with Gasteiger partial charge >= 0.3 is 0 Å². The minimum atomic E-state index is -4.52. The van der Waals surface area contributed by atoms with Crippen LogP contribution in [0, 0.1) is 0 Å². The van der Waals surface area contributed by atoms with Gasteiger partial charge in [-0.25, -0.2) is 0 Å². The summed E-state index contributed by atoms with van der Waals surface area (Å²) in [4.78, 5) is -0.598. The average Bonchev–Trinajstić information content (AvgIpc) is 2.77. The van der Waals surface area contributed by atoms with Gasteiger partial charge in [-0.3, -0.25) is 9.11 Å². The SMILES string of the molecule is CCCCCNc1ccc(C=Cc2ccc(NCCCCC)cc2S(=O)(=O)O)c(S(=O)(=O)O)c1. The highest BCUT2D eigenvalue weighted by Crippen LogP contribution is 2.26. The Morgan fingerprint density at radius 1 is 0.676 bits per heavy atom. The van der Waals surface area contributed by atoms with Crippen LogP contribution >= 0.6 is 0 Å². The first-order valence-corrected chi connectivity index (χ1v) is 14.3. The molecule has 0 unspecified atom stereocenters. The maximum Gasteiger partial charge on any atom is 0.295 e. The highest BCUT2D eigenvalue weighted by Gasteiger charge is 2.17. The normalized spacial score (nSPS) is 12.2. The van der Waals surface area contributed by atoms with Crippen LogP contribution in [0.2, 0.25) is 0 Å². The maximum absolute atomic E-state index is 12.0. The van der Waals surface area contributed by atoms with Crippen molar-refractivity contribution >= 4 is 43.8 Å². The van der Waals surface area contributed by atoms with Crippen molar-refractivity contribution in [1.82, 2.24) is 0 Å². The topological polar surface area (TPSA) is 133 Å². The second kappa shape index (κ2) is 12.9. The second-order valence-electron chi connectivity index (χ2n) is 8.06. The Hall–Kier alpha value is -2.40. The Labute approximate surface area is 203 Å². The van der Waals surface area contributed by atoms with Crippen molar-refractivity contribution < 1.29 is 25.9 Å². The molecule has 0 aliphatic rings. The number of anilines is 2. The van der Waals surface area contributed by atoms with Crippen molar-refractivity contribution in [3.63, 3.8) is 0 Å². The smallest absolute Gasteiger partial charge is 0.295 e. The third-order valence-corrected chi connectivity index (χ3v) is 7.06. The van der Waals surface area contributed by atoms with Crippen molar-refractivity contribution in [1.29, 1.82) is 0 Å². The van der Waals surface area contributed by atoms with Crippen LogP contribution in [0.15, 0.2) is 46.2 Å². The fourth-order valence-electron chi connectivity index (χ4n) is 3.41. The lowest BCUT2D eigenvalue weighted by molar-refractivity contribution is 0.480. The molecule has 0 heterocycles. The zero-order valence-corrected chi connectivity index (χ0v) is 21.3. The van der Waals surface area contributed by atoms with Crippen LogP contribution in [-0.4, -0.2) is 39.0 Å². The molecule has 2 aromatic rings. The Bertz CT molecular complexity index is 1100. The molecule has 2 aromatic carbocycles. The lowest BCUT2D eigenvalue weighted by Crippen LogP contribution is -2.06. The zero-order valence-electron chi connectivity index (χ0n) is 19.6. The van der Waals surface area contributed by atoms with Crippen molar-refractivity contribution in [3.8, 4) is 0 Å². The predicted octanol–water partition coefficient (Wildman–Crippen LogP) is 5.55. The molecule has 0 saturated heterocycles. The van der Waals surface area contributed by atoms with Crippen molar-refractivity contribution in [2.45, 2.75) is 62.2 Å². The molecule has 34 heavy (non-hydrogen) atoms. The molecule has 0 fully saturated rings. The van der Waals surface area contributed by atoms with Gasteiger partial charge in [-0.15, -0.1) is 0 Å². The molecule has 188 valence electrons. The van der Waals surface area contributed by atoms with Gasteiger partial charge in [-0.1, -0.05) is 63.8 Å². The van der Waals surface area contributed by atoms with E-state index < -0.39 is 20.2 Å². The molecule has 0 aromatic heterocycles. The van der Waals surface area contributed by atoms with Crippen LogP contribution in [0.3, 0.4) is 0 Å². The number of hydrogen-bond donors (Lipinski definition) is 4.